The van der Waals surface area contributed by atoms with E-state index in [0.29, 0.717) is 11.4 Å². The van der Waals surface area contributed by atoms with Crippen molar-refractivity contribution in [3.05, 3.63) is 60.2 Å². The molecule has 1 fully saturated rings. The van der Waals surface area contributed by atoms with Crippen molar-refractivity contribution in [3.8, 4) is 0 Å². The second-order valence-electron chi connectivity index (χ2n) is 7.84. The molecule has 0 bridgehead atoms. The van der Waals surface area contributed by atoms with E-state index in [0.717, 1.165) is 46.8 Å². The van der Waals surface area contributed by atoms with Crippen molar-refractivity contribution < 1.29 is 19.6 Å². The van der Waals surface area contributed by atoms with Crippen LogP contribution < -0.4 is 10.2 Å². The third-order valence-electron chi connectivity index (χ3n) is 5.84. The van der Waals surface area contributed by atoms with E-state index >= 15 is 0 Å². The predicted molar refractivity (Wildman–Crippen MR) is 115 cm³/mol. The van der Waals surface area contributed by atoms with E-state index in [-0.39, 0.29) is 18.4 Å². The van der Waals surface area contributed by atoms with Crippen LogP contribution in [0.1, 0.15) is 37.7 Å². The standard InChI is InChI=1S/C23H26N4O3/c1-25-20-15-9-8-14-19(20)22(17-10-4-2-5-11-17)27(30)26(23(25)29)16-21(28)24-18-12-6-3-7-13-18/h3,6-9,12-15,17H,2,4-5,10-11,16H2,1H3,(H-,24,28,30)/p+1. The van der Waals surface area contributed by atoms with Gasteiger partial charge in [0.1, 0.15) is 4.85 Å². The summed E-state index contributed by atoms with van der Waals surface area (Å²) in [6.45, 7) is -0.293. The number of rotatable bonds is 4. The summed E-state index contributed by atoms with van der Waals surface area (Å²) in [5.41, 5.74) is 2.89. The Bertz CT molecular complexity index is 967. The van der Waals surface area contributed by atoms with E-state index in [2.05, 4.69) is 5.32 Å². The number of urea groups is 1. The van der Waals surface area contributed by atoms with Crippen molar-refractivity contribution in [2.75, 3.05) is 23.8 Å². The number of nitrogens with one attached hydrogen (secondary N) is 1. The minimum atomic E-state index is -0.459. The molecule has 7 nitrogen and oxygen atoms in total. The van der Waals surface area contributed by atoms with Crippen LogP contribution >= 0.6 is 0 Å². The fraction of sp³-hybridized carbons (Fsp3) is 0.348. The fourth-order valence-corrected chi connectivity index (χ4v) is 4.33. The molecule has 1 aliphatic heterocycles. The first-order valence-electron chi connectivity index (χ1n) is 10.4. The number of hydrazine groups is 1. The van der Waals surface area contributed by atoms with Crippen molar-refractivity contribution in [3.63, 3.8) is 0 Å². The molecule has 1 heterocycles. The highest BCUT2D eigenvalue weighted by atomic mass is 16.5. The van der Waals surface area contributed by atoms with E-state index in [4.69, 9.17) is 0 Å². The molecule has 2 aromatic rings. The molecule has 30 heavy (non-hydrogen) atoms. The summed E-state index contributed by atoms with van der Waals surface area (Å²) in [4.78, 5) is 28.3. The van der Waals surface area contributed by atoms with Crippen molar-refractivity contribution in [1.82, 2.24) is 5.01 Å². The molecule has 2 N–H and O–H groups in total. The number of anilines is 2. The van der Waals surface area contributed by atoms with Gasteiger partial charge in [-0.05, 0) is 42.1 Å². The van der Waals surface area contributed by atoms with Gasteiger partial charge in [-0.25, -0.2) is 4.79 Å². The zero-order valence-electron chi connectivity index (χ0n) is 17.1. The summed E-state index contributed by atoms with van der Waals surface area (Å²) >= 11 is 0. The molecular weight excluding hydrogens is 380 g/mol. The van der Waals surface area contributed by atoms with E-state index in [9.17, 15) is 14.8 Å². The summed E-state index contributed by atoms with van der Waals surface area (Å²) in [6.07, 6.45) is 5.25. The van der Waals surface area contributed by atoms with E-state index in [1.54, 1.807) is 19.2 Å². The third-order valence-corrected chi connectivity index (χ3v) is 5.84. The van der Waals surface area contributed by atoms with Crippen LogP contribution in [0.15, 0.2) is 54.6 Å². The molecule has 156 valence electrons. The number of nitrogens with zero attached hydrogens (tertiary/aromatic N) is 3. The number of fused-ring (bicyclic) bond motifs is 1. The van der Waals surface area contributed by atoms with Gasteiger partial charge < -0.3 is 5.32 Å². The number of carbonyl (C=O) groups is 2. The number of amides is 3. The fourth-order valence-electron chi connectivity index (χ4n) is 4.33. The second-order valence-corrected chi connectivity index (χ2v) is 7.84. The molecule has 0 atom stereocenters. The summed E-state index contributed by atoms with van der Waals surface area (Å²) in [6, 6.07) is 16.2. The largest absolute Gasteiger partial charge is 0.381 e. The highest BCUT2D eigenvalue weighted by molar-refractivity contribution is 6.08. The molecule has 0 saturated heterocycles. The summed E-state index contributed by atoms with van der Waals surface area (Å²) in [7, 11) is 1.67. The molecule has 0 radical (unpaired) electrons. The van der Waals surface area contributed by atoms with Gasteiger partial charge >= 0.3 is 6.03 Å². The Hall–Kier alpha value is -3.35. The molecular formula is C23H27N4O3+. The van der Waals surface area contributed by atoms with Crippen LogP contribution in [0.5, 0.6) is 0 Å². The number of benzene rings is 2. The molecule has 4 rings (SSSR count). The van der Waals surface area contributed by atoms with Gasteiger partial charge in [-0.2, -0.15) is 0 Å². The molecule has 1 saturated carbocycles. The zero-order valence-corrected chi connectivity index (χ0v) is 17.1. The van der Waals surface area contributed by atoms with Gasteiger partial charge in [0, 0.05) is 12.7 Å². The molecule has 3 amide bonds. The van der Waals surface area contributed by atoms with Crippen LogP contribution in [0, 0.1) is 5.92 Å². The quantitative estimate of drug-likeness (QED) is 0.597. The Morgan fingerprint density at radius 2 is 1.73 bits per heavy atom. The lowest BCUT2D eigenvalue weighted by atomic mass is 9.83. The molecule has 0 aromatic heterocycles. The van der Waals surface area contributed by atoms with Crippen molar-refractivity contribution in [2.24, 2.45) is 5.92 Å². The van der Waals surface area contributed by atoms with E-state index < -0.39 is 6.03 Å². The lowest BCUT2D eigenvalue weighted by Crippen LogP contribution is -2.50. The van der Waals surface area contributed by atoms with Crippen LogP contribution in [0.2, 0.25) is 0 Å². The summed E-state index contributed by atoms with van der Waals surface area (Å²) in [5, 5.41) is 15.1. The summed E-state index contributed by atoms with van der Waals surface area (Å²) in [5.74, 6) is -0.250. The Labute approximate surface area is 176 Å². The lowest BCUT2D eigenvalue weighted by Gasteiger charge is -2.21. The Morgan fingerprint density at radius 3 is 2.47 bits per heavy atom. The highest BCUT2D eigenvalue weighted by Gasteiger charge is 2.43. The third kappa shape index (κ3) is 3.87. The van der Waals surface area contributed by atoms with E-state index in [1.165, 1.54) is 11.3 Å². The van der Waals surface area contributed by atoms with Gasteiger partial charge in [-0.15, -0.1) is 0 Å². The number of carbonyl (C=O) groups excluding carboxylic acids is 2. The van der Waals surface area contributed by atoms with Gasteiger partial charge in [0.15, 0.2) is 6.54 Å². The average molecular weight is 407 g/mol. The zero-order chi connectivity index (χ0) is 21.1. The van der Waals surface area contributed by atoms with Crippen LogP contribution in [-0.4, -0.2) is 46.3 Å². The maximum atomic E-state index is 13.2. The maximum Gasteiger partial charge on any atom is 0.381 e. The topological polar surface area (TPSA) is 75.9 Å². The van der Waals surface area contributed by atoms with Crippen molar-refractivity contribution in [1.29, 1.82) is 0 Å². The van der Waals surface area contributed by atoms with Gasteiger partial charge in [-0.3, -0.25) is 14.9 Å². The van der Waals surface area contributed by atoms with E-state index in [1.807, 2.05) is 42.5 Å². The molecule has 0 unspecified atom stereocenters. The minimum Gasteiger partial charge on any atom is -0.324 e. The van der Waals surface area contributed by atoms with Gasteiger partial charge in [-0.1, -0.05) is 49.6 Å². The van der Waals surface area contributed by atoms with Crippen LogP contribution in [0.4, 0.5) is 16.2 Å². The van der Waals surface area contributed by atoms with Crippen LogP contribution in [0.3, 0.4) is 0 Å². The normalized spacial score (nSPS) is 17.6. The molecule has 2 aromatic carbocycles. The highest BCUT2D eigenvalue weighted by Crippen LogP contribution is 2.33. The first-order valence-corrected chi connectivity index (χ1v) is 10.4. The Balaban J connectivity index is 1.70. The lowest BCUT2D eigenvalue weighted by molar-refractivity contribution is -0.872. The van der Waals surface area contributed by atoms with Crippen molar-refractivity contribution in [2.45, 2.75) is 32.1 Å². The average Bonchev–Trinajstić information content (AvgIpc) is 2.85. The molecule has 0 spiro atoms. The Morgan fingerprint density at radius 1 is 1.07 bits per heavy atom. The second kappa shape index (κ2) is 8.57. The number of hydrazone groups is 1. The summed E-state index contributed by atoms with van der Waals surface area (Å²) < 4.78 is 0. The molecule has 2 aliphatic rings. The Kier molecular flexibility index (Phi) is 5.70. The van der Waals surface area contributed by atoms with Gasteiger partial charge in [0.2, 0.25) is 0 Å². The number of hydrogen-bond donors (Lipinski definition) is 2. The van der Waals surface area contributed by atoms with Crippen molar-refractivity contribution >= 4 is 29.0 Å². The maximum absolute atomic E-state index is 13.2. The SMILES string of the molecule is CN1C(=O)N(CC(=O)Nc2ccccc2)[N+](O)=C(C2CCCCC2)c2ccccc21. The molecule has 7 heteroatoms. The van der Waals surface area contributed by atoms with Crippen LogP contribution in [-0.2, 0) is 4.79 Å². The smallest absolute Gasteiger partial charge is 0.324 e. The van der Waals surface area contributed by atoms with Crippen LogP contribution in [0.25, 0.3) is 0 Å². The first-order chi connectivity index (χ1) is 14.6. The number of hydrogen-bond acceptors (Lipinski definition) is 3. The monoisotopic (exact) mass is 407 g/mol. The first kappa shape index (κ1) is 19.9. The number of para-hydroxylation sites is 2. The predicted octanol–water partition coefficient (Wildman–Crippen LogP) is 3.88. The van der Waals surface area contributed by atoms with Gasteiger partial charge in [0.05, 0.1) is 17.2 Å². The van der Waals surface area contributed by atoms with Gasteiger partial charge in [0.25, 0.3) is 11.6 Å². The molecule has 1 aliphatic carbocycles. The minimum absolute atomic E-state index is 0.129.